The molecule has 2 aliphatic rings. The molecule has 2 fully saturated rings. The van der Waals surface area contributed by atoms with E-state index >= 15 is 0 Å². The number of rotatable bonds is 4. The molecular formula is C21H22F5N7. The summed E-state index contributed by atoms with van der Waals surface area (Å²) in [7, 11) is 0. The molecule has 5 rings (SSSR count). The second-order valence-electron chi connectivity index (χ2n) is 8.72. The van der Waals surface area contributed by atoms with Crippen LogP contribution in [-0.2, 0) is 12.7 Å². The van der Waals surface area contributed by atoms with Crippen LogP contribution in [0.25, 0.3) is 11.0 Å². The van der Waals surface area contributed by atoms with Gasteiger partial charge in [-0.15, -0.1) is 0 Å². The molecule has 0 amide bonds. The predicted molar refractivity (Wildman–Crippen MR) is 111 cm³/mol. The predicted octanol–water partition coefficient (Wildman–Crippen LogP) is 4.00. The van der Waals surface area contributed by atoms with Crippen molar-refractivity contribution in [3.05, 3.63) is 36.4 Å². The van der Waals surface area contributed by atoms with E-state index in [9.17, 15) is 22.0 Å². The lowest BCUT2D eigenvalue weighted by molar-refractivity contribution is -0.141. The summed E-state index contributed by atoms with van der Waals surface area (Å²) in [5, 5.41) is 4.59. The molecule has 33 heavy (non-hydrogen) atoms. The van der Waals surface area contributed by atoms with Gasteiger partial charge in [0.25, 0.3) is 6.43 Å². The molecule has 0 saturated carbocycles. The largest absolute Gasteiger partial charge is 0.433 e. The summed E-state index contributed by atoms with van der Waals surface area (Å²) in [6, 6.07) is 2.50. The van der Waals surface area contributed by atoms with Crippen molar-refractivity contribution in [2.75, 3.05) is 36.0 Å². The quantitative estimate of drug-likeness (QED) is 0.541. The van der Waals surface area contributed by atoms with E-state index in [4.69, 9.17) is 0 Å². The number of anilines is 2. The average molecular weight is 467 g/mol. The van der Waals surface area contributed by atoms with Gasteiger partial charge in [-0.25, -0.2) is 23.4 Å². The van der Waals surface area contributed by atoms with Crippen molar-refractivity contribution in [1.82, 2.24) is 24.7 Å². The Morgan fingerprint density at radius 2 is 1.67 bits per heavy atom. The highest BCUT2D eigenvalue weighted by Crippen LogP contribution is 2.42. The number of halogens is 5. The number of piperidine rings is 1. The van der Waals surface area contributed by atoms with E-state index in [1.807, 2.05) is 4.90 Å². The molecule has 0 N–H and O–H groups in total. The maximum absolute atomic E-state index is 12.8. The molecule has 3 aromatic heterocycles. The number of hydrogen-bond donors (Lipinski definition) is 0. The second-order valence-corrected chi connectivity index (χ2v) is 8.72. The maximum atomic E-state index is 12.8. The Bertz CT molecular complexity index is 1120. The molecule has 5 heterocycles. The lowest BCUT2D eigenvalue weighted by atomic mass is 9.78. The normalized spacial score (nSPS) is 18.7. The lowest BCUT2D eigenvalue weighted by Gasteiger charge is -2.39. The van der Waals surface area contributed by atoms with Crippen LogP contribution in [0.15, 0.2) is 30.7 Å². The van der Waals surface area contributed by atoms with Gasteiger partial charge in [-0.05, 0) is 36.8 Å². The van der Waals surface area contributed by atoms with E-state index in [1.165, 1.54) is 23.1 Å². The monoisotopic (exact) mass is 467 g/mol. The third-order valence-corrected chi connectivity index (χ3v) is 6.62. The Morgan fingerprint density at radius 3 is 2.30 bits per heavy atom. The summed E-state index contributed by atoms with van der Waals surface area (Å²) < 4.78 is 65.1. The fourth-order valence-corrected chi connectivity index (χ4v) is 4.76. The van der Waals surface area contributed by atoms with Crippen molar-refractivity contribution < 1.29 is 22.0 Å². The fourth-order valence-electron chi connectivity index (χ4n) is 4.76. The zero-order valence-corrected chi connectivity index (χ0v) is 17.6. The molecule has 7 nitrogen and oxygen atoms in total. The van der Waals surface area contributed by atoms with Crippen LogP contribution in [-0.4, -0.2) is 57.3 Å². The van der Waals surface area contributed by atoms with E-state index in [0.717, 1.165) is 38.4 Å². The van der Waals surface area contributed by atoms with Gasteiger partial charge in [-0.3, -0.25) is 0 Å². The highest BCUT2D eigenvalue weighted by molar-refractivity contribution is 5.74. The maximum Gasteiger partial charge on any atom is 0.433 e. The first-order valence-electron chi connectivity index (χ1n) is 10.7. The molecule has 0 radical (unpaired) electrons. The molecule has 2 aliphatic heterocycles. The standard InChI is InChI=1S/C21H22F5N7/c22-17(23)12-33-18-14(10-29-33)9-28-19(30-18)31-6-3-20(4-7-31)5-8-32(13-20)15-1-2-16(27-11-15)21(24,25)26/h1-2,9-11,17H,3-8,12-13H2. The Morgan fingerprint density at radius 1 is 0.939 bits per heavy atom. The average Bonchev–Trinajstić information content (AvgIpc) is 3.38. The van der Waals surface area contributed by atoms with Gasteiger partial charge in [0.2, 0.25) is 5.95 Å². The number of hydrogen-bond acceptors (Lipinski definition) is 6. The molecule has 1 spiro atoms. The summed E-state index contributed by atoms with van der Waals surface area (Å²) in [5.41, 5.74) is 0.270. The molecular weight excluding hydrogens is 445 g/mol. The van der Waals surface area contributed by atoms with Gasteiger partial charge in [0.1, 0.15) is 12.2 Å². The molecule has 0 aliphatic carbocycles. The highest BCUT2D eigenvalue weighted by Gasteiger charge is 2.41. The van der Waals surface area contributed by atoms with Crippen LogP contribution in [0.3, 0.4) is 0 Å². The number of pyridine rings is 1. The van der Waals surface area contributed by atoms with Gasteiger partial charge in [0.15, 0.2) is 5.65 Å². The minimum absolute atomic E-state index is 0.0702. The third-order valence-electron chi connectivity index (χ3n) is 6.62. The van der Waals surface area contributed by atoms with E-state index in [-0.39, 0.29) is 5.41 Å². The number of aromatic nitrogens is 5. The molecule has 0 aromatic carbocycles. The first kappa shape index (κ1) is 21.8. The van der Waals surface area contributed by atoms with Crippen molar-refractivity contribution >= 4 is 22.7 Å². The van der Waals surface area contributed by atoms with Crippen LogP contribution in [0, 0.1) is 5.41 Å². The van der Waals surface area contributed by atoms with Gasteiger partial charge in [0, 0.05) is 32.4 Å². The van der Waals surface area contributed by atoms with Gasteiger partial charge < -0.3 is 9.80 Å². The summed E-state index contributed by atoms with van der Waals surface area (Å²) >= 11 is 0. The van der Waals surface area contributed by atoms with E-state index in [2.05, 4.69) is 25.0 Å². The molecule has 12 heteroatoms. The fraction of sp³-hybridized carbons (Fsp3) is 0.524. The molecule has 176 valence electrons. The second kappa shape index (κ2) is 8.07. The summed E-state index contributed by atoms with van der Waals surface area (Å²) in [6.07, 6.45) is 0.129. The molecule has 0 unspecified atom stereocenters. The molecule has 3 aromatic rings. The lowest BCUT2D eigenvalue weighted by Crippen LogP contribution is -2.42. The van der Waals surface area contributed by atoms with Crippen molar-refractivity contribution in [3.63, 3.8) is 0 Å². The van der Waals surface area contributed by atoms with E-state index < -0.39 is 24.8 Å². The molecule has 0 atom stereocenters. The van der Waals surface area contributed by atoms with Crippen molar-refractivity contribution in [2.45, 2.75) is 38.4 Å². The summed E-state index contributed by atoms with van der Waals surface area (Å²) in [6.45, 7) is 2.44. The Hall–Kier alpha value is -3.05. The molecule has 2 saturated heterocycles. The van der Waals surface area contributed by atoms with Crippen LogP contribution in [0.5, 0.6) is 0 Å². The van der Waals surface area contributed by atoms with Crippen molar-refractivity contribution in [1.29, 1.82) is 0 Å². The Balaban J connectivity index is 1.25. The third kappa shape index (κ3) is 4.30. The van der Waals surface area contributed by atoms with Crippen LogP contribution < -0.4 is 9.80 Å². The highest BCUT2D eigenvalue weighted by atomic mass is 19.4. The van der Waals surface area contributed by atoms with Crippen molar-refractivity contribution in [2.24, 2.45) is 5.41 Å². The minimum atomic E-state index is -4.44. The van der Waals surface area contributed by atoms with E-state index in [1.54, 1.807) is 6.20 Å². The van der Waals surface area contributed by atoms with Gasteiger partial charge in [0.05, 0.1) is 23.5 Å². The molecule has 0 bridgehead atoms. The Labute approximate surface area is 186 Å². The first-order valence-corrected chi connectivity index (χ1v) is 10.7. The number of fused-ring (bicyclic) bond motifs is 1. The van der Waals surface area contributed by atoms with E-state index in [0.29, 0.717) is 35.8 Å². The first-order chi connectivity index (χ1) is 15.7. The van der Waals surface area contributed by atoms with Crippen LogP contribution in [0.2, 0.25) is 0 Å². The van der Waals surface area contributed by atoms with Crippen LogP contribution >= 0.6 is 0 Å². The van der Waals surface area contributed by atoms with Gasteiger partial charge >= 0.3 is 6.18 Å². The number of alkyl halides is 5. The van der Waals surface area contributed by atoms with Gasteiger partial charge in [-0.1, -0.05) is 0 Å². The number of nitrogens with zero attached hydrogens (tertiary/aromatic N) is 7. The topological polar surface area (TPSA) is 63.0 Å². The summed E-state index contributed by atoms with van der Waals surface area (Å²) in [5.74, 6) is 0.496. The minimum Gasteiger partial charge on any atom is -0.370 e. The van der Waals surface area contributed by atoms with Crippen LogP contribution in [0.1, 0.15) is 25.0 Å². The van der Waals surface area contributed by atoms with Gasteiger partial charge in [-0.2, -0.15) is 23.3 Å². The smallest absolute Gasteiger partial charge is 0.370 e. The summed E-state index contributed by atoms with van der Waals surface area (Å²) in [4.78, 5) is 16.6. The zero-order chi connectivity index (χ0) is 23.2. The van der Waals surface area contributed by atoms with Crippen molar-refractivity contribution in [3.8, 4) is 0 Å². The Kier molecular flexibility index (Phi) is 5.32. The zero-order valence-electron chi connectivity index (χ0n) is 17.6. The van der Waals surface area contributed by atoms with Crippen LogP contribution in [0.4, 0.5) is 33.6 Å². The SMILES string of the molecule is FC(F)Cn1ncc2cnc(N3CCC4(CCN(c5ccc(C(F)(F)F)nc5)C4)CC3)nc21.